The van der Waals surface area contributed by atoms with Gasteiger partial charge in [0.05, 0.1) is 5.60 Å². The maximum Gasteiger partial charge on any atom is 0.0837 e. The van der Waals surface area contributed by atoms with Crippen LogP contribution in [0, 0.1) is 11.8 Å². The van der Waals surface area contributed by atoms with Gasteiger partial charge in [0.1, 0.15) is 0 Å². The Bertz CT molecular complexity index is 239. The van der Waals surface area contributed by atoms with Gasteiger partial charge in [-0.25, -0.2) is 0 Å². The van der Waals surface area contributed by atoms with Crippen molar-refractivity contribution in [3.05, 3.63) is 0 Å². The second-order valence-corrected chi connectivity index (χ2v) is 6.67. The van der Waals surface area contributed by atoms with Crippen LogP contribution in [0.5, 0.6) is 0 Å². The molecule has 0 amide bonds. The van der Waals surface area contributed by atoms with Gasteiger partial charge in [-0.2, -0.15) is 0 Å². The molecule has 1 N–H and O–H groups in total. The largest absolute Gasteiger partial charge is 0.374 e. The lowest BCUT2D eigenvalue weighted by molar-refractivity contribution is -0.103. The normalized spacial score (nSPS) is 31.1. The molecule has 1 saturated carbocycles. The Balaban J connectivity index is 2.75. The van der Waals surface area contributed by atoms with E-state index in [0.29, 0.717) is 6.04 Å². The molecule has 4 atom stereocenters. The quantitative estimate of drug-likeness (QED) is 0.706. The predicted molar refractivity (Wildman–Crippen MR) is 83.5 cm³/mol. The Kier molecular flexibility index (Phi) is 7.38. The van der Waals surface area contributed by atoms with Crippen molar-refractivity contribution in [2.24, 2.45) is 11.8 Å². The van der Waals surface area contributed by atoms with Gasteiger partial charge >= 0.3 is 0 Å². The van der Waals surface area contributed by atoms with Gasteiger partial charge in [-0.1, -0.05) is 46.5 Å². The Hall–Kier alpha value is -0.0800. The minimum atomic E-state index is 0.0865. The summed E-state index contributed by atoms with van der Waals surface area (Å²) in [4.78, 5) is 0. The number of hydrogen-bond acceptors (Lipinski definition) is 2. The first-order chi connectivity index (χ1) is 9.07. The fraction of sp³-hybridized carbons (Fsp3) is 1.00. The maximum absolute atomic E-state index is 6.31. The van der Waals surface area contributed by atoms with Crippen LogP contribution in [0.15, 0.2) is 0 Å². The molecule has 0 aliphatic heterocycles. The first-order valence-electron chi connectivity index (χ1n) is 8.39. The second-order valence-electron chi connectivity index (χ2n) is 6.67. The van der Waals surface area contributed by atoms with Gasteiger partial charge < -0.3 is 10.1 Å². The summed E-state index contributed by atoms with van der Waals surface area (Å²) in [5, 5.41) is 3.58. The minimum absolute atomic E-state index is 0.0865. The maximum atomic E-state index is 6.31. The summed E-state index contributed by atoms with van der Waals surface area (Å²) in [5.41, 5.74) is 0.0865. The van der Waals surface area contributed by atoms with Gasteiger partial charge in [-0.3, -0.25) is 0 Å². The number of ether oxygens (including phenoxy) is 1. The topological polar surface area (TPSA) is 21.3 Å². The zero-order valence-corrected chi connectivity index (χ0v) is 13.8. The van der Waals surface area contributed by atoms with Gasteiger partial charge in [0.2, 0.25) is 0 Å². The highest BCUT2D eigenvalue weighted by molar-refractivity contribution is 4.97. The van der Waals surface area contributed by atoms with Crippen LogP contribution in [0.3, 0.4) is 0 Å². The highest BCUT2D eigenvalue weighted by Crippen LogP contribution is 2.39. The molecule has 0 aromatic heterocycles. The van der Waals surface area contributed by atoms with Crippen molar-refractivity contribution in [3.63, 3.8) is 0 Å². The summed E-state index contributed by atoms with van der Waals surface area (Å²) in [6.07, 6.45) is 9.01. The standard InChI is InChI=1S/C17H35NO/c1-6-9-14(3)12-16(18-5)17(19-7-2)11-8-10-15(4)13-17/h14-16,18H,6-13H2,1-5H3. The van der Waals surface area contributed by atoms with Crippen LogP contribution in [0.4, 0.5) is 0 Å². The third-order valence-corrected chi connectivity index (χ3v) is 4.83. The van der Waals surface area contributed by atoms with Crippen LogP contribution >= 0.6 is 0 Å². The molecule has 0 aromatic rings. The van der Waals surface area contributed by atoms with Crippen molar-refractivity contribution in [1.82, 2.24) is 5.32 Å². The van der Waals surface area contributed by atoms with E-state index in [0.717, 1.165) is 18.4 Å². The van der Waals surface area contributed by atoms with E-state index in [4.69, 9.17) is 4.74 Å². The summed E-state index contributed by atoms with van der Waals surface area (Å²) >= 11 is 0. The molecule has 0 spiro atoms. The molecule has 0 saturated heterocycles. The van der Waals surface area contributed by atoms with Crippen LogP contribution in [0.25, 0.3) is 0 Å². The summed E-state index contributed by atoms with van der Waals surface area (Å²) in [7, 11) is 2.11. The average Bonchev–Trinajstić information content (AvgIpc) is 2.36. The highest BCUT2D eigenvalue weighted by atomic mass is 16.5. The first kappa shape index (κ1) is 17.0. The molecular formula is C17H35NO. The van der Waals surface area contributed by atoms with Gasteiger partial charge in [0.15, 0.2) is 0 Å². The third-order valence-electron chi connectivity index (χ3n) is 4.83. The van der Waals surface area contributed by atoms with Crippen LogP contribution in [0.2, 0.25) is 0 Å². The van der Waals surface area contributed by atoms with E-state index in [-0.39, 0.29) is 5.60 Å². The van der Waals surface area contributed by atoms with Crippen molar-refractivity contribution in [3.8, 4) is 0 Å². The Morgan fingerprint density at radius 1 is 1.37 bits per heavy atom. The number of rotatable bonds is 8. The zero-order chi connectivity index (χ0) is 14.3. The highest BCUT2D eigenvalue weighted by Gasteiger charge is 2.42. The molecule has 2 heteroatoms. The van der Waals surface area contributed by atoms with Crippen LogP contribution in [0.1, 0.15) is 72.6 Å². The molecule has 0 aromatic carbocycles. The molecule has 0 bridgehead atoms. The predicted octanol–water partition coefficient (Wildman–Crippen LogP) is 4.39. The molecular weight excluding hydrogens is 234 g/mol. The fourth-order valence-electron chi connectivity index (χ4n) is 3.99. The lowest BCUT2D eigenvalue weighted by atomic mass is 9.72. The third kappa shape index (κ3) is 4.75. The van der Waals surface area contributed by atoms with Crippen molar-refractivity contribution in [2.45, 2.75) is 84.3 Å². The van der Waals surface area contributed by atoms with Crippen LogP contribution in [-0.4, -0.2) is 25.3 Å². The number of hydrogen-bond donors (Lipinski definition) is 1. The van der Waals surface area contributed by atoms with Crippen molar-refractivity contribution < 1.29 is 4.74 Å². The minimum Gasteiger partial charge on any atom is -0.374 e. The molecule has 1 aliphatic carbocycles. The number of likely N-dealkylation sites (N-methyl/N-ethyl adjacent to an activating group) is 1. The van der Waals surface area contributed by atoms with Crippen molar-refractivity contribution >= 4 is 0 Å². The van der Waals surface area contributed by atoms with E-state index in [1.807, 2.05) is 0 Å². The molecule has 0 heterocycles. The van der Waals surface area contributed by atoms with E-state index in [1.54, 1.807) is 0 Å². The summed E-state index contributed by atoms with van der Waals surface area (Å²) in [6, 6.07) is 0.511. The summed E-state index contributed by atoms with van der Waals surface area (Å²) in [5.74, 6) is 1.59. The lowest BCUT2D eigenvalue weighted by Crippen LogP contribution is -2.54. The van der Waals surface area contributed by atoms with Gasteiger partial charge in [0, 0.05) is 12.6 Å². The van der Waals surface area contributed by atoms with Crippen molar-refractivity contribution in [1.29, 1.82) is 0 Å². The van der Waals surface area contributed by atoms with E-state index >= 15 is 0 Å². The fourth-order valence-corrected chi connectivity index (χ4v) is 3.99. The number of nitrogens with one attached hydrogen (secondary N) is 1. The molecule has 0 radical (unpaired) electrons. The van der Waals surface area contributed by atoms with E-state index < -0.39 is 0 Å². The van der Waals surface area contributed by atoms with Crippen LogP contribution in [-0.2, 0) is 4.74 Å². The summed E-state index contributed by atoms with van der Waals surface area (Å²) in [6.45, 7) is 10.0. The van der Waals surface area contributed by atoms with Gasteiger partial charge in [0.25, 0.3) is 0 Å². The second kappa shape index (κ2) is 8.26. The Labute approximate surface area is 120 Å². The molecule has 1 aliphatic rings. The van der Waals surface area contributed by atoms with Gasteiger partial charge in [-0.05, 0) is 45.1 Å². The molecule has 114 valence electrons. The van der Waals surface area contributed by atoms with E-state index in [9.17, 15) is 0 Å². The Morgan fingerprint density at radius 3 is 2.63 bits per heavy atom. The van der Waals surface area contributed by atoms with E-state index in [1.165, 1.54) is 44.9 Å². The molecule has 2 nitrogen and oxygen atoms in total. The summed E-state index contributed by atoms with van der Waals surface area (Å²) < 4.78 is 6.31. The first-order valence-corrected chi connectivity index (χ1v) is 8.39. The van der Waals surface area contributed by atoms with Gasteiger partial charge in [-0.15, -0.1) is 0 Å². The monoisotopic (exact) mass is 269 g/mol. The average molecular weight is 269 g/mol. The van der Waals surface area contributed by atoms with E-state index in [2.05, 4.69) is 40.1 Å². The Morgan fingerprint density at radius 2 is 2.11 bits per heavy atom. The zero-order valence-electron chi connectivity index (χ0n) is 13.8. The van der Waals surface area contributed by atoms with Crippen LogP contribution < -0.4 is 5.32 Å². The molecule has 1 rings (SSSR count). The molecule has 1 fully saturated rings. The lowest BCUT2D eigenvalue weighted by Gasteiger charge is -2.46. The molecule has 4 unspecified atom stereocenters. The molecule has 19 heavy (non-hydrogen) atoms. The van der Waals surface area contributed by atoms with Crippen molar-refractivity contribution in [2.75, 3.05) is 13.7 Å². The smallest absolute Gasteiger partial charge is 0.0837 e. The SMILES string of the molecule is CCCC(C)CC(NC)C1(OCC)CCCC(C)C1.